The lowest BCUT2D eigenvalue weighted by molar-refractivity contribution is 1.38. The van der Waals surface area contributed by atoms with Crippen molar-refractivity contribution < 1.29 is 0 Å². The summed E-state index contributed by atoms with van der Waals surface area (Å²) in [5.74, 6) is 0.919. The van der Waals surface area contributed by atoms with Gasteiger partial charge in [0.15, 0.2) is 0 Å². The van der Waals surface area contributed by atoms with Crippen molar-refractivity contribution in [3.05, 3.63) is 70.7 Å². The van der Waals surface area contributed by atoms with Gasteiger partial charge in [0.1, 0.15) is 0 Å². The molecule has 3 rings (SSSR count). The van der Waals surface area contributed by atoms with Crippen LogP contribution >= 0.6 is 27.7 Å². The topological polar surface area (TPSA) is 26.0 Å². The van der Waals surface area contributed by atoms with Crippen LogP contribution in [-0.2, 0) is 5.75 Å². The predicted molar refractivity (Wildman–Crippen MR) is 92.1 cm³/mol. The summed E-state index contributed by atoms with van der Waals surface area (Å²) in [5.41, 5.74) is 7.89. The van der Waals surface area contributed by atoms with Gasteiger partial charge >= 0.3 is 0 Å². The summed E-state index contributed by atoms with van der Waals surface area (Å²) in [6, 6.07) is 21.1. The number of nitrogens with two attached hydrogens (primary N) is 1. The number of fused-ring (bicyclic) bond motifs is 1. The van der Waals surface area contributed by atoms with Crippen molar-refractivity contribution in [1.82, 2.24) is 0 Å². The number of hydrogen-bond acceptors (Lipinski definition) is 2. The zero-order valence-electron chi connectivity index (χ0n) is 10.8. The molecule has 0 aromatic heterocycles. The number of hydrogen-bond donors (Lipinski definition) is 1. The Morgan fingerprint density at radius 1 is 0.900 bits per heavy atom. The Morgan fingerprint density at radius 2 is 1.70 bits per heavy atom. The molecule has 0 saturated carbocycles. The Balaban J connectivity index is 1.79. The second-order valence-corrected chi connectivity index (χ2v) is 6.65. The molecule has 0 saturated heterocycles. The number of halogens is 1. The summed E-state index contributed by atoms with van der Waals surface area (Å²) in [5, 5.41) is 2.56. The molecule has 0 radical (unpaired) electrons. The van der Waals surface area contributed by atoms with Crippen LogP contribution < -0.4 is 5.73 Å². The molecule has 100 valence electrons. The van der Waals surface area contributed by atoms with Crippen LogP contribution in [-0.4, -0.2) is 0 Å². The maximum atomic E-state index is 5.86. The van der Waals surface area contributed by atoms with Crippen LogP contribution in [0.15, 0.2) is 70.0 Å². The number of nitrogen functional groups attached to an aromatic ring is 1. The number of rotatable bonds is 3. The van der Waals surface area contributed by atoms with Crippen LogP contribution in [0.1, 0.15) is 5.56 Å². The van der Waals surface area contributed by atoms with Crippen molar-refractivity contribution >= 4 is 44.2 Å². The Bertz CT molecular complexity index is 735. The second-order valence-electron chi connectivity index (χ2n) is 4.69. The van der Waals surface area contributed by atoms with E-state index in [-0.39, 0.29) is 0 Å². The lowest BCUT2D eigenvalue weighted by atomic mass is 10.1. The first-order chi connectivity index (χ1) is 9.70. The lowest BCUT2D eigenvalue weighted by Gasteiger charge is -2.06. The van der Waals surface area contributed by atoms with Crippen LogP contribution in [0.25, 0.3) is 10.8 Å². The van der Waals surface area contributed by atoms with Crippen molar-refractivity contribution in [2.45, 2.75) is 10.6 Å². The molecule has 0 heterocycles. The number of thioether (sulfide) groups is 1. The molecule has 0 atom stereocenters. The van der Waals surface area contributed by atoms with Crippen LogP contribution in [0.4, 0.5) is 5.69 Å². The highest BCUT2D eigenvalue weighted by Gasteiger charge is 2.01. The van der Waals surface area contributed by atoms with E-state index < -0.39 is 0 Å². The average Bonchev–Trinajstić information content (AvgIpc) is 2.44. The molecule has 0 aliphatic rings. The molecule has 0 unspecified atom stereocenters. The van der Waals surface area contributed by atoms with E-state index in [9.17, 15) is 0 Å². The molecular weight excluding hydrogens is 330 g/mol. The first-order valence-electron chi connectivity index (χ1n) is 6.37. The van der Waals surface area contributed by atoms with Crippen molar-refractivity contribution in [3.8, 4) is 0 Å². The lowest BCUT2D eigenvalue weighted by Crippen LogP contribution is -1.88. The third-order valence-corrected chi connectivity index (χ3v) is 4.63. The van der Waals surface area contributed by atoms with Gasteiger partial charge in [-0.1, -0.05) is 46.3 Å². The van der Waals surface area contributed by atoms with Gasteiger partial charge in [-0.3, -0.25) is 0 Å². The van der Waals surface area contributed by atoms with Crippen LogP contribution in [0.5, 0.6) is 0 Å². The molecule has 0 aliphatic carbocycles. The zero-order chi connectivity index (χ0) is 13.9. The van der Waals surface area contributed by atoms with Crippen molar-refractivity contribution in [2.24, 2.45) is 0 Å². The Labute approximate surface area is 131 Å². The van der Waals surface area contributed by atoms with E-state index in [2.05, 4.69) is 64.5 Å². The van der Waals surface area contributed by atoms with Gasteiger partial charge < -0.3 is 5.73 Å². The van der Waals surface area contributed by atoms with Crippen LogP contribution in [0.2, 0.25) is 0 Å². The molecule has 0 fully saturated rings. The third-order valence-electron chi connectivity index (χ3n) is 3.11. The van der Waals surface area contributed by atoms with E-state index in [0.29, 0.717) is 0 Å². The standard InChI is InChI=1S/C17H14BrNS/c18-15-7-12(8-16(19)10-15)11-20-17-6-5-13-3-1-2-4-14(13)9-17/h1-10H,11,19H2. The molecule has 20 heavy (non-hydrogen) atoms. The molecule has 3 aromatic rings. The minimum Gasteiger partial charge on any atom is -0.399 e. The Morgan fingerprint density at radius 3 is 2.50 bits per heavy atom. The fraction of sp³-hybridized carbons (Fsp3) is 0.0588. The van der Waals surface area contributed by atoms with E-state index in [4.69, 9.17) is 5.73 Å². The molecule has 3 aromatic carbocycles. The summed E-state index contributed by atoms with van der Waals surface area (Å²) in [4.78, 5) is 1.28. The molecule has 0 amide bonds. The van der Waals surface area contributed by atoms with Gasteiger partial charge in [0.05, 0.1) is 0 Å². The molecule has 0 bridgehead atoms. The molecular formula is C17H14BrNS. The highest BCUT2D eigenvalue weighted by molar-refractivity contribution is 9.10. The Hall–Kier alpha value is -1.45. The van der Waals surface area contributed by atoms with Crippen molar-refractivity contribution in [1.29, 1.82) is 0 Å². The van der Waals surface area contributed by atoms with Gasteiger partial charge in [0.2, 0.25) is 0 Å². The van der Waals surface area contributed by atoms with Gasteiger partial charge in [-0.05, 0) is 46.7 Å². The van der Waals surface area contributed by atoms with Crippen LogP contribution in [0, 0.1) is 0 Å². The number of anilines is 1. The molecule has 0 spiro atoms. The fourth-order valence-corrected chi connectivity index (χ4v) is 3.62. The first-order valence-corrected chi connectivity index (χ1v) is 8.15. The summed E-state index contributed by atoms with van der Waals surface area (Å²) >= 11 is 5.31. The minimum absolute atomic E-state index is 0.800. The maximum absolute atomic E-state index is 5.86. The fourth-order valence-electron chi connectivity index (χ4n) is 2.18. The third kappa shape index (κ3) is 3.17. The first kappa shape index (κ1) is 13.5. The van der Waals surface area contributed by atoms with Crippen LogP contribution in [0.3, 0.4) is 0 Å². The summed E-state index contributed by atoms with van der Waals surface area (Å²) in [6.07, 6.45) is 0. The zero-order valence-corrected chi connectivity index (χ0v) is 13.2. The Kier molecular flexibility index (Phi) is 3.99. The molecule has 3 heteroatoms. The van der Waals surface area contributed by atoms with Gasteiger partial charge in [0, 0.05) is 20.8 Å². The summed E-state index contributed by atoms with van der Waals surface area (Å²) < 4.78 is 1.03. The second kappa shape index (κ2) is 5.90. The predicted octanol–water partition coefficient (Wildman–Crippen LogP) is 5.48. The van der Waals surface area contributed by atoms with Crippen molar-refractivity contribution in [3.63, 3.8) is 0 Å². The quantitative estimate of drug-likeness (QED) is 0.503. The minimum atomic E-state index is 0.800. The van der Waals surface area contributed by atoms with E-state index in [0.717, 1.165) is 15.9 Å². The normalized spacial score (nSPS) is 10.8. The number of benzene rings is 3. The molecule has 1 nitrogen and oxygen atoms in total. The van der Waals surface area contributed by atoms with Gasteiger partial charge in [0.25, 0.3) is 0 Å². The van der Waals surface area contributed by atoms with E-state index in [1.165, 1.54) is 21.2 Å². The van der Waals surface area contributed by atoms with E-state index >= 15 is 0 Å². The summed E-state index contributed by atoms with van der Waals surface area (Å²) in [7, 11) is 0. The SMILES string of the molecule is Nc1cc(Br)cc(CSc2ccc3ccccc3c2)c1. The van der Waals surface area contributed by atoms with E-state index in [1.54, 1.807) is 0 Å². The van der Waals surface area contributed by atoms with E-state index in [1.807, 2.05) is 23.9 Å². The summed E-state index contributed by atoms with van der Waals surface area (Å²) in [6.45, 7) is 0. The van der Waals surface area contributed by atoms with Gasteiger partial charge in [-0.2, -0.15) is 0 Å². The molecule has 0 aliphatic heterocycles. The monoisotopic (exact) mass is 343 g/mol. The van der Waals surface area contributed by atoms with Gasteiger partial charge in [-0.25, -0.2) is 0 Å². The smallest absolute Gasteiger partial charge is 0.0328 e. The van der Waals surface area contributed by atoms with Gasteiger partial charge in [-0.15, -0.1) is 11.8 Å². The van der Waals surface area contributed by atoms with Crippen molar-refractivity contribution in [2.75, 3.05) is 5.73 Å². The average molecular weight is 344 g/mol. The highest BCUT2D eigenvalue weighted by Crippen LogP contribution is 2.28. The largest absolute Gasteiger partial charge is 0.399 e. The highest BCUT2D eigenvalue weighted by atomic mass is 79.9. The molecule has 2 N–H and O–H groups in total. The maximum Gasteiger partial charge on any atom is 0.0328 e.